The quantitative estimate of drug-likeness (QED) is 0.824. The fourth-order valence-electron chi connectivity index (χ4n) is 2.31. The van der Waals surface area contributed by atoms with E-state index in [1.165, 1.54) is 29.7 Å². The minimum absolute atomic E-state index is 0.00727. The van der Waals surface area contributed by atoms with Crippen LogP contribution in [0.2, 0.25) is 0 Å². The molecule has 3 nitrogen and oxygen atoms in total. The first-order valence-electron chi connectivity index (χ1n) is 6.78. The van der Waals surface area contributed by atoms with E-state index in [0.717, 1.165) is 24.1 Å². The molecule has 0 saturated heterocycles. The van der Waals surface area contributed by atoms with Gasteiger partial charge in [0.1, 0.15) is 0 Å². The molecule has 0 bridgehead atoms. The summed E-state index contributed by atoms with van der Waals surface area (Å²) >= 11 is 1.63. The largest absolute Gasteiger partial charge is 0.394 e. The number of hydrogen-bond donors (Lipinski definition) is 2. The van der Waals surface area contributed by atoms with Crippen LogP contribution in [-0.2, 0) is 12.8 Å². The van der Waals surface area contributed by atoms with Crippen molar-refractivity contribution in [3.63, 3.8) is 0 Å². The molecule has 1 heterocycles. The van der Waals surface area contributed by atoms with Gasteiger partial charge in [0.05, 0.1) is 17.5 Å². The maximum absolute atomic E-state index is 12.1. The third kappa shape index (κ3) is 3.12. The third-order valence-corrected chi connectivity index (χ3v) is 4.75. The Kier molecular flexibility index (Phi) is 4.78. The van der Waals surface area contributed by atoms with Crippen molar-refractivity contribution in [2.45, 2.75) is 51.5 Å². The Morgan fingerprint density at radius 2 is 2.22 bits per heavy atom. The Morgan fingerprint density at radius 1 is 1.44 bits per heavy atom. The summed E-state index contributed by atoms with van der Waals surface area (Å²) in [5.74, 6) is -0.0334. The van der Waals surface area contributed by atoms with Crippen molar-refractivity contribution >= 4 is 17.2 Å². The fraction of sp³-hybridized carbons (Fsp3) is 0.643. The van der Waals surface area contributed by atoms with Gasteiger partial charge in [0.25, 0.3) is 5.91 Å². The predicted octanol–water partition coefficient (Wildman–Crippen LogP) is 2.52. The Labute approximate surface area is 112 Å². The van der Waals surface area contributed by atoms with Crippen LogP contribution in [0, 0.1) is 0 Å². The molecule has 18 heavy (non-hydrogen) atoms. The molecule has 1 aromatic heterocycles. The fourth-order valence-corrected chi connectivity index (χ4v) is 3.47. The van der Waals surface area contributed by atoms with Crippen LogP contribution in [0.5, 0.6) is 0 Å². The lowest BCUT2D eigenvalue weighted by atomic mass is 10.1. The van der Waals surface area contributed by atoms with Gasteiger partial charge >= 0.3 is 0 Å². The van der Waals surface area contributed by atoms with Crippen molar-refractivity contribution in [3.05, 3.63) is 21.4 Å². The van der Waals surface area contributed by atoms with Crippen molar-refractivity contribution in [1.82, 2.24) is 5.32 Å². The molecule has 1 atom stereocenters. The van der Waals surface area contributed by atoms with Crippen molar-refractivity contribution in [2.75, 3.05) is 6.61 Å². The van der Waals surface area contributed by atoms with Gasteiger partial charge in [0.15, 0.2) is 0 Å². The maximum atomic E-state index is 12.1. The summed E-state index contributed by atoms with van der Waals surface area (Å²) in [7, 11) is 0. The van der Waals surface area contributed by atoms with Crippen molar-refractivity contribution in [1.29, 1.82) is 0 Å². The number of carbonyl (C=O) groups is 1. The van der Waals surface area contributed by atoms with Crippen LogP contribution in [0.25, 0.3) is 0 Å². The highest BCUT2D eigenvalue weighted by Crippen LogP contribution is 2.28. The number of nitrogens with one attached hydrogen (secondary N) is 1. The van der Waals surface area contributed by atoms with Gasteiger partial charge in [-0.1, -0.05) is 13.3 Å². The van der Waals surface area contributed by atoms with E-state index in [1.54, 1.807) is 11.3 Å². The summed E-state index contributed by atoms with van der Waals surface area (Å²) in [6.07, 6.45) is 6.75. The van der Waals surface area contributed by atoms with Crippen molar-refractivity contribution in [3.8, 4) is 0 Å². The molecule has 2 N–H and O–H groups in total. The lowest BCUT2D eigenvalue weighted by Gasteiger charge is -2.12. The van der Waals surface area contributed by atoms with E-state index < -0.39 is 0 Å². The molecule has 1 amide bonds. The molecular formula is C14H21NO2S. The highest BCUT2D eigenvalue weighted by atomic mass is 32.1. The van der Waals surface area contributed by atoms with E-state index in [2.05, 4.69) is 5.32 Å². The van der Waals surface area contributed by atoms with E-state index >= 15 is 0 Å². The van der Waals surface area contributed by atoms with Gasteiger partial charge < -0.3 is 10.4 Å². The van der Waals surface area contributed by atoms with Gasteiger partial charge in [-0.2, -0.15) is 0 Å². The average molecular weight is 267 g/mol. The Balaban J connectivity index is 2.07. The standard InChI is InChI=1S/C14H21NO2S/c1-2-11(9-16)15-14(17)13-8-10-6-4-3-5-7-12(10)18-13/h8,11,16H,2-7,9H2,1H3,(H,15,17)/t11-/m0/s1. The molecule has 1 aliphatic carbocycles. The summed E-state index contributed by atoms with van der Waals surface area (Å²) in [4.78, 5) is 14.2. The molecule has 0 saturated carbocycles. The smallest absolute Gasteiger partial charge is 0.261 e. The second-order valence-electron chi connectivity index (χ2n) is 4.88. The summed E-state index contributed by atoms with van der Waals surface area (Å²) in [6, 6.07) is 1.92. The first-order valence-corrected chi connectivity index (χ1v) is 7.59. The van der Waals surface area contributed by atoms with Crippen molar-refractivity contribution in [2.24, 2.45) is 0 Å². The zero-order valence-electron chi connectivity index (χ0n) is 10.9. The molecule has 0 aromatic carbocycles. The van der Waals surface area contributed by atoms with Crippen molar-refractivity contribution < 1.29 is 9.90 Å². The number of carbonyl (C=O) groups excluding carboxylic acids is 1. The molecular weight excluding hydrogens is 246 g/mol. The van der Waals surface area contributed by atoms with E-state index in [-0.39, 0.29) is 18.6 Å². The summed E-state index contributed by atoms with van der Waals surface area (Å²) in [5, 5.41) is 12.0. The van der Waals surface area contributed by atoms with Gasteiger partial charge in [-0.15, -0.1) is 11.3 Å². The molecule has 100 valence electrons. The first-order chi connectivity index (χ1) is 8.74. The number of rotatable bonds is 4. The second kappa shape index (κ2) is 6.34. The molecule has 4 heteroatoms. The van der Waals surface area contributed by atoms with Gasteiger partial charge in [-0.25, -0.2) is 0 Å². The number of aliphatic hydroxyl groups is 1. The van der Waals surface area contributed by atoms with Crippen LogP contribution < -0.4 is 5.32 Å². The van der Waals surface area contributed by atoms with Crippen LogP contribution in [0.3, 0.4) is 0 Å². The van der Waals surface area contributed by atoms with Crippen LogP contribution in [0.15, 0.2) is 6.07 Å². The van der Waals surface area contributed by atoms with Crippen LogP contribution in [-0.4, -0.2) is 23.7 Å². The van der Waals surface area contributed by atoms with E-state index in [0.29, 0.717) is 0 Å². The number of fused-ring (bicyclic) bond motifs is 1. The second-order valence-corrected chi connectivity index (χ2v) is 6.02. The summed E-state index contributed by atoms with van der Waals surface area (Å²) in [6.45, 7) is 1.97. The number of thiophene rings is 1. The lowest BCUT2D eigenvalue weighted by molar-refractivity contribution is 0.0919. The average Bonchev–Trinajstić information content (AvgIpc) is 2.67. The Bertz CT molecular complexity index is 386. The molecule has 0 unspecified atom stereocenters. The number of aryl methyl sites for hydroxylation is 2. The lowest BCUT2D eigenvalue weighted by Crippen LogP contribution is -2.36. The highest BCUT2D eigenvalue weighted by Gasteiger charge is 2.18. The molecule has 0 radical (unpaired) electrons. The van der Waals surface area contributed by atoms with Crippen LogP contribution in [0.1, 0.15) is 52.7 Å². The summed E-state index contributed by atoms with van der Waals surface area (Å²) < 4.78 is 0. The zero-order chi connectivity index (χ0) is 13.0. The first kappa shape index (κ1) is 13.6. The topological polar surface area (TPSA) is 49.3 Å². The number of aliphatic hydroxyl groups excluding tert-OH is 1. The van der Waals surface area contributed by atoms with Gasteiger partial charge in [0, 0.05) is 4.88 Å². The monoisotopic (exact) mass is 267 g/mol. The van der Waals surface area contributed by atoms with Gasteiger partial charge in [-0.05, 0) is 43.7 Å². The summed E-state index contributed by atoms with van der Waals surface area (Å²) in [5.41, 5.74) is 1.36. The zero-order valence-corrected chi connectivity index (χ0v) is 11.7. The maximum Gasteiger partial charge on any atom is 0.261 e. The van der Waals surface area contributed by atoms with Gasteiger partial charge in [-0.3, -0.25) is 4.79 Å². The number of amides is 1. The van der Waals surface area contributed by atoms with E-state index in [4.69, 9.17) is 5.11 Å². The van der Waals surface area contributed by atoms with E-state index in [1.807, 2.05) is 13.0 Å². The molecule has 1 aliphatic rings. The number of hydrogen-bond acceptors (Lipinski definition) is 3. The Hall–Kier alpha value is -0.870. The predicted molar refractivity (Wildman–Crippen MR) is 74.2 cm³/mol. The minimum atomic E-state index is -0.126. The minimum Gasteiger partial charge on any atom is -0.394 e. The normalized spacial score (nSPS) is 16.8. The molecule has 0 spiro atoms. The molecule has 1 aromatic rings. The SMILES string of the molecule is CC[C@@H](CO)NC(=O)c1cc2c(s1)CCCCC2. The van der Waals surface area contributed by atoms with Crippen LogP contribution in [0.4, 0.5) is 0 Å². The third-order valence-electron chi connectivity index (χ3n) is 3.52. The van der Waals surface area contributed by atoms with E-state index in [9.17, 15) is 4.79 Å². The van der Waals surface area contributed by atoms with Crippen LogP contribution >= 0.6 is 11.3 Å². The van der Waals surface area contributed by atoms with Gasteiger partial charge in [0.2, 0.25) is 0 Å². The molecule has 0 fully saturated rings. The highest BCUT2D eigenvalue weighted by molar-refractivity contribution is 7.14. The molecule has 2 rings (SSSR count). The Morgan fingerprint density at radius 3 is 2.94 bits per heavy atom. The molecule has 0 aliphatic heterocycles.